The van der Waals surface area contributed by atoms with Crippen molar-refractivity contribution in [3.8, 4) is 11.5 Å². The highest BCUT2D eigenvalue weighted by Crippen LogP contribution is 2.31. The van der Waals surface area contributed by atoms with E-state index in [1.54, 1.807) is 23.9 Å². The number of sulfonamides is 1. The molecule has 2 aromatic carbocycles. The summed E-state index contributed by atoms with van der Waals surface area (Å²) in [6.45, 7) is 5.53. The quantitative estimate of drug-likeness (QED) is 0.740. The van der Waals surface area contributed by atoms with E-state index in [4.69, 9.17) is 14.6 Å². The molecule has 8 heteroatoms. The zero-order valence-electron chi connectivity index (χ0n) is 15.5. The van der Waals surface area contributed by atoms with Crippen LogP contribution in [0.3, 0.4) is 0 Å². The molecule has 146 valence electrons. The lowest BCUT2D eigenvalue weighted by Crippen LogP contribution is -2.35. The number of aryl methyl sites for hydroxylation is 1. The number of rotatable bonds is 6. The van der Waals surface area contributed by atoms with Crippen molar-refractivity contribution in [2.75, 3.05) is 32.6 Å². The Morgan fingerprint density at radius 1 is 1.19 bits per heavy atom. The van der Waals surface area contributed by atoms with Crippen molar-refractivity contribution in [3.05, 3.63) is 47.5 Å². The topological polar surface area (TPSA) is 81.9 Å². The summed E-state index contributed by atoms with van der Waals surface area (Å²) < 4.78 is 35.0. The summed E-state index contributed by atoms with van der Waals surface area (Å²) in [5.41, 5.74) is 1.92. The molecule has 2 aromatic rings. The van der Waals surface area contributed by atoms with Crippen LogP contribution in [-0.4, -0.2) is 45.9 Å². The zero-order valence-corrected chi connectivity index (χ0v) is 17.1. The van der Waals surface area contributed by atoms with E-state index in [-0.39, 0.29) is 4.90 Å². The smallest absolute Gasteiger partial charge is 0.238 e. The predicted octanol–water partition coefficient (Wildman–Crippen LogP) is 2.99. The highest BCUT2D eigenvalue weighted by Gasteiger charge is 2.17. The lowest BCUT2D eigenvalue weighted by Gasteiger charge is -2.27. The number of ether oxygens (including phenoxy) is 2. The summed E-state index contributed by atoms with van der Waals surface area (Å²) in [7, 11) is -3.77. The summed E-state index contributed by atoms with van der Waals surface area (Å²) in [5.74, 6) is 1.35. The molecule has 1 aliphatic heterocycles. The number of benzene rings is 2. The van der Waals surface area contributed by atoms with E-state index in [0.29, 0.717) is 25.5 Å². The maximum Gasteiger partial charge on any atom is 0.238 e. The molecule has 0 aliphatic carbocycles. The first-order chi connectivity index (χ1) is 12.9. The summed E-state index contributed by atoms with van der Waals surface area (Å²) in [6.07, 6.45) is 2.04. The molecular formula is C19H24N2O4S2. The van der Waals surface area contributed by atoms with E-state index in [2.05, 4.69) is 4.90 Å². The van der Waals surface area contributed by atoms with Crippen molar-refractivity contribution in [3.63, 3.8) is 0 Å². The van der Waals surface area contributed by atoms with E-state index in [0.717, 1.165) is 30.0 Å². The van der Waals surface area contributed by atoms with Crippen molar-refractivity contribution >= 4 is 21.8 Å². The van der Waals surface area contributed by atoms with E-state index in [1.807, 2.05) is 31.4 Å². The van der Waals surface area contributed by atoms with Gasteiger partial charge in [-0.2, -0.15) is 0 Å². The molecule has 0 amide bonds. The van der Waals surface area contributed by atoms with Crippen LogP contribution < -0.4 is 9.88 Å². The molecule has 0 spiro atoms. The highest BCUT2D eigenvalue weighted by atomic mass is 32.2. The van der Waals surface area contributed by atoms with Crippen molar-refractivity contribution in [2.45, 2.75) is 23.3 Å². The van der Waals surface area contributed by atoms with Gasteiger partial charge in [0.25, 0.3) is 0 Å². The molecular weight excluding hydrogens is 384 g/mol. The van der Waals surface area contributed by atoms with E-state index < -0.39 is 10.0 Å². The molecule has 3 rings (SSSR count). The minimum atomic E-state index is -3.77. The Morgan fingerprint density at radius 3 is 2.56 bits per heavy atom. The van der Waals surface area contributed by atoms with Crippen LogP contribution in [0.15, 0.2) is 46.2 Å². The van der Waals surface area contributed by atoms with Gasteiger partial charge in [0.1, 0.15) is 11.5 Å². The molecule has 6 nitrogen and oxygen atoms in total. The summed E-state index contributed by atoms with van der Waals surface area (Å²) in [6, 6.07) is 10.7. The van der Waals surface area contributed by atoms with Gasteiger partial charge in [-0.1, -0.05) is 0 Å². The fraction of sp³-hybridized carbons (Fsp3) is 0.368. The van der Waals surface area contributed by atoms with Crippen LogP contribution in [0.2, 0.25) is 0 Å². The van der Waals surface area contributed by atoms with E-state index in [1.165, 1.54) is 11.0 Å². The zero-order chi connectivity index (χ0) is 19.4. The molecule has 1 aliphatic rings. The van der Waals surface area contributed by atoms with Crippen LogP contribution in [-0.2, 0) is 21.3 Å². The van der Waals surface area contributed by atoms with Gasteiger partial charge in [0, 0.05) is 30.1 Å². The minimum Gasteiger partial charge on any atom is -0.457 e. The number of morpholine rings is 1. The van der Waals surface area contributed by atoms with Gasteiger partial charge in [-0.25, -0.2) is 13.6 Å². The van der Waals surface area contributed by atoms with Gasteiger partial charge in [0.15, 0.2) is 0 Å². The number of primary sulfonamides is 1. The first kappa shape index (κ1) is 20.2. The van der Waals surface area contributed by atoms with Gasteiger partial charge in [-0.3, -0.25) is 4.90 Å². The molecule has 1 fully saturated rings. The summed E-state index contributed by atoms with van der Waals surface area (Å²) in [5, 5.41) is 5.31. The molecule has 0 atom stereocenters. The maximum absolute atomic E-state index is 11.8. The Balaban J connectivity index is 1.91. The average Bonchev–Trinajstić information content (AvgIpc) is 2.63. The lowest BCUT2D eigenvalue weighted by atomic mass is 10.1. The second-order valence-electron chi connectivity index (χ2n) is 6.44. The van der Waals surface area contributed by atoms with Gasteiger partial charge >= 0.3 is 0 Å². The SMILES string of the molecule is CSc1ccc(Oc2ccc(S(N)(=O)=O)cc2CN2CCOCC2)cc1C. The number of hydrogen-bond donors (Lipinski definition) is 1. The van der Waals surface area contributed by atoms with Gasteiger partial charge in [-0.05, 0) is 55.1 Å². The van der Waals surface area contributed by atoms with Gasteiger partial charge in [-0.15, -0.1) is 11.8 Å². The molecule has 0 radical (unpaired) electrons. The third-order valence-corrected chi connectivity index (χ3v) is 6.26. The van der Waals surface area contributed by atoms with Crippen molar-refractivity contribution in [1.82, 2.24) is 4.90 Å². The van der Waals surface area contributed by atoms with Crippen LogP contribution in [0.1, 0.15) is 11.1 Å². The second-order valence-corrected chi connectivity index (χ2v) is 8.85. The number of thioether (sulfide) groups is 1. The standard InChI is InChI=1S/C19H24N2O4S2/c1-14-11-16(3-6-19(14)26-2)25-18-5-4-17(27(20,22)23)12-15(18)13-21-7-9-24-10-8-21/h3-6,11-12H,7-10,13H2,1-2H3,(H2,20,22,23). The largest absolute Gasteiger partial charge is 0.457 e. The number of hydrogen-bond acceptors (Lipinski definition) is 6. The molecule has 0 saturated carbocycles. The van der Waals surface area contributed by atoms with Crippen LogP contribution in [0.4, 0.5) is 0 Å². The Bertz CT molecular complexity index is 910. The molecule has 0 aromatic heterocycles. The molecule has 2 N–H and O–H groups in total. The van der Waals surface area contributed by atoms with Crippen molar-refractivity contribution in [2.24, 2.45) is 5.14 Å². The average molecular weight is 409 g/mol. The van der Waals surface area contributed by atoms with Crippen LogP contribution in [0, 0.1) is 6.92 Å². The number of nitrogens with two attached hydrogens (primary N) is 1. The summed E-state index contributed by atoms with van der Waals surface area (Å²) in [4.78, 5) is 3.49. The maximum atomic E-state index is 11.8. The number of nitrogens with zero attached hydrogens (tertiary/aromatic N) is 1. The fourth-order valence-corrected chi connectivity index (χ4v) is 4.15. The lowest BCUT2D eigenvalue weighted by molar-refractivity contribution is 0.0339. The summed E-state index contributed by atoms with van der Waals surface area (Å²) >= 11 is 1.69. The third kappa shape index (κ3) is 5.24. The van der Waals surface area contributed by atoms with Crippen LogP contribution >= 0.6 is 11.8 Å². The molecule has 1 heterocycles. The molecule has 0 bridgehead atoms. The minimum absolute atomic E-state index is 0.0898. The monoisotopic (exact) mass is 408 g/mol. The Labute approximate surface area is 164 Å². The molecule has 0 unspecified atom stereocenters. The highest BCUT2D eigenvalue weighted by molar-refractivity contribution is 7.98. The van der Waals surface area contributed by atoms with E-state index >= 15 is 0 Å². The Hall–Kier alpha value is -1.58. The first-order valence-electron chi connectivity index (χ1n) is 8.65. The van der Waals surface area contributed by atoms with Crippen LogP contribution in [0.5, 0.6) is 11.5 Å². The van der Waals surface area contributed by atoms with Gasteiger partial charge in [0.2, 0.25) is 10.0 Å². The molecule has 27 heavy (non-hydrogen) atoms. The van der Waals surface area contributed by atoms with Crippen molar-refractivity contribution in [1.29, 1.82) is 0 Å². The fourth-order valence-electron chi connectivity index (χ4n) is 3.00. The van der Waals surface area contributed by atoms with Crippen molar-refractivity contribution < 1.29 is 17.9 Å². The predicted molar refractivity (Wildman–Crippen MR) is 107 cm³/mol. The van der Waals surface area contributed by atoms with Crippen LogP contribution in [0.25, 0.3) is 0 Å². The van der Waals surface area contributed by atoms with Gasteiger partial charge in [0.05, 0.1) is 18.1 Å². The Kier molecular flexibility index (Phi) is 6.44. The third-order valence-electron chi connectivity index (χ3n) is 4.45. The normalized spacial score (nSPS) is 15.7. The molecule has 1 saturated heterocycles. The second kappa shape index (κ2) is 8.62. The first-order valence-corrected chi connectivity index (χ1v) is 11.4. The van der Waals surface area contributed by atoms with Gasteiger partial charge < -0.3 is 9.47 Å². The Morgan fingerprint density at radius 2 is 1.93 bits per heavy atom. The van der Waals surface area contributed by atoms with E-state index in [9.17, 15) is 8.42 Å².